The van der Waals surface area contributed by atoms with Crippen molar-refractivity contribution >= 4 is 11.8 Å². The third kappa shape index (κ3) is 11.7. The second-order valence-corrected chi connectivity index (χ2v) is 7.51. The molecule has 1 aromatic rings. The quantitative estimate of drug-likeness (QED) is 0.369. The Labute approximate surface area is 147 Å². The predicted molar refractivity (Wildman–Crippen MR) is 102 cm³/mol. The van der Waals surface area contributed by atoms with E-state index in [-0.39, 0.29) is 0 Å². The lowest BCUT2D eigenvalue weighted by Crippen LogP contribution is -2.18. The van der Waals surface area contributed by atoms with Crippen molar-refractivity contribution in [2.24, 2.45) is 0 Å². The highest BCUT2D eigenvalue weighted by Crippen LogP contribution is 2.12. The summed E-state index contributed by atoms with van der Waals surface area (Å²) in [5, 5.41) is 0.521. The summed E-state index contributed by atoms with van der Waals surface area (Å²) < 4.78 is 7.98. The van der Waals surface area contributed by atoms with Gasteiger partial charge in [0.2, 0.25) is 0 Å². The zero-order valence-corrected chi connectivity index (χ0v) is 16.0. The first-order valence-corrected chi connectivity index (χ1v) is 10.7. The SMILES string of the molecule is CCCCCCCCCCCCOCC(Cn1ccnc1)SC. The van der Waals surface area contributed by atoms with Crippen LogP contribution in [0.4, 0.5) is 0 Å². The number of hydrogen-bond acceptors (Lipinski definition) is 3. The number of unbranched alkanes of at least 4 members (excludes halogenated alkanes) is 9. The Balaban J connectivity index is 1.85. The fourth-order valence-corrected chi connectivity index (χ4v) is 3.29. The van der Waals surface area contributed by atoms with Crippen LogP contribution in [0.1, 0.15) is 71.1 Å². The van der Waals surface area contributed by atoms with Gasteiger partial charge >= 0.3 is 0 Å². The van der Waals surface area contributed by atoms with E-state index in [0.717, 1.165) is 19.8 Å². The first kappa shape index (κ1) is 20.6. The van der Waals surface area contributed by atoms with Crippen LogP contribution in [0.5, 0.6) is 0 Å². The van der Waals surface area contributed by atoms with E-state index in [1.54, 1.807) is 0 Å². The third-order valence-electron chi connectivity index (χ3n) is 4.25. The van der Waals surface area contributed by atoms with E-state index < -0.39 is 0 Å². The smallest absolute Gasteiger partial charge is 0.0946 e. The molecule has 0 amide bonds. The highest BCUT2D eigenvalue weighted by Gasteiger charge is 2.07. The third-order valence-corrected chi connectivity index (χ3v) is 5.20. The minimum absolute atomic E-state index is 0.521. The molecule has 4 heteroatoms. The van der Waals surface area contributed by atoms with E-state index >= 15 is 0 Å². The van der Waals surface area contributed by atoms with E-state index in [0.29, 0.717) is 5.25 Å². The van der Waals surface area contributed by atoms with Crippen molar-refractivity contribution in [1.82, 2.24) is 9.55 Å². The monoisotopic (exact) mass is 340 g/mol. The van der Waals surface area contributed by atoms with Gasteiger partial charge in [-0.1, -0.05) is 64.7 Å². The van der Waals surface area contributed by atoms with Gasteiger partial charge in [0.1, 0.15) is 0 Å². The molecular formula is C19H36N2OS. The fraction of sp³-hybridized carbons (Fsp3) is 0.842. The molecule has 1 unspecified atom stereocenters. The van der Waals surface area contributed by atoms with Crippen LogP contribution in [0.25, 0.3) is 0 Å². The van der Waals surface area contributed by atoms with Gasteiger partial charge < -0.3 is 9.30 Å². The summed E-state index contributed by atoms with van der Waals surface area (Å²) in [5.74, 6) is 0. The summed E-state index contributed by atoms with van der Waals surface area (Å²) in [7, 11) is 0. The summed E-state index contributed by atoms with van der Waals surface area (Å²) >= 11 is 1.88. The van der Waals surface area contributed by atoms with Crippen LogP contribution in [-0.2, 0) is 11.3 Å². The molecule has 0 fully saturated rings. The fourth-order valence-electron chi connectivity index (χ4n) is 2.73. The van der Waals surface area contributed by atoms with Crippen LogP contribution < -0.4 is 0 Å². The lowest BCUT2D eigenvalue weighted by Gasteiger charge is -2.15. The van der Waals surface area contributed by atoms with Crippen LogP contribution in [-0.4, -0.2) is 34.3 Å². The molecule has 1 aromatic heterocycles. The van der Waals surface area contributed by atoms with Gasteiger partial charge in [-0.05, 0) is 12.7 Å². The van der Waals surface area contributed by atoms with Crippen molar-refractivity contribution in [2.75, 3.05) is 19.5 Å². The van der Waals surface area contributed by atoms with Crippen molar-refractivity contribution in [1.29, 1.82) is 0 Å². The molecule has 134 valence electrons. The minimum Gasteiger partial charge on any atom is -0.380 e. The van der Waals surface area contributed by atoms with Crippen molar-refractivity contribution in [3.05, 3.63) is 18.7 Å². The molecule has 0 aliphatic rings. The Morgan fingerprint density at radius 3 is 2.22 bits per heavy atom. The Bertz CT molecular complexity index is 343. The number of imidazole rings is 1. The highest BCUT2D eigenvalue weighted by molar-refractivity contribution is 7.99. The van der Waals surface area contributed by atoms with Crippen molar-refractivity contribution in [3.8, 4) is 0 Å². The molecule has 0 N–H and O–H groups in total. The van der Waals surface area contributed by atoms with Gasteiger partial charge in [0, 0.05) is 30.8 Å². The standard InChI is InChI=1S/C19H36N2OS/c1-3-4-5-6-7-8-9-10-11-12-15-22-17-19(23-2)16-21-14-13-20-18-21/h13-14,18-19H,3-12,15-17H2,1-2H3. The van der Waals surface area contributed by atoms with Gasteiger partial charge in [-0.3, -0.25) is 0 Å². The number of hydrogen-bond donors (Lipinski definition) is 0. The molecule has 23 heavy (non-hydrogen) atoms. The molecule has 0 aliphatic heterocycles. The molecule has 0 bridgehead atoms. The molecule has 1 atom stereocenters. The Morgan fingerprint density at radius 1 is 1.00 bits per heavy atom. The zero-order valence-electron chi connectivity index (χ0n) is 15.2. The Kier molecular flexibility index (Phi) is 13.5. The van der Waals surface area contributed by atoms with Gasteiger partial charge in [-0.15, -0.1) is 0 Å². The van der Waals surface area contributed by atoms with E-state index in [2.05, 4.69) is 22.7 Å². The number of ether oxygens (including phenoxy) is 1. The summed E-state index contributed by atoms with van der Waals surface area (Å²) in [6, 6.07) is 0. The van der Waals surface area contributed by atoms with Crippen LogP contribution in [0.2, 0.25) is 0 Å². The number of aromatic nitrogens is 2. The Hall–Kier alpha value is -0.480. The van der Waals surface area contributed by atoms with Crippen molar-refractivity contribution < 1.29 is 4.74 Å². The van der Waals surface area contributed by atoms with Crippen LogP contribution in [0.3, 0.4) is 0 Å². The van der Waals surface area contributed by atoms with Crippen molar-refractivity contribution in [3.63, 3.8) is 0 Å². The molecular weight excluding hydrogens is 304 g/mol. The summed E-state index contributed by atoms with van der Waals surface area (Å²) in [4.78, 5) is 4.09. The molecule has 0 radical (unpaired) electrons. The van der Waals surface area contributed by atoms with Gasteiger partial charge in [0.15, 0.2) is 0 Å². The van der Waals surface area contributed by atoms with Gasteiger partial charge in [-0.2, -0.15) is 11.8 Å². The predicted octanol–water partition coefficient (Wildman–Crippen LogP) is 5.55. The second kappa shape index (κ2) is 15.1. The van der Waals surface area contributed by atoms with Crippen molar-refractivity contribution in [2.45, 2.75) is 82.9 Å². The average Bonchev–Trinajstić information content (AvgIpc) is 3.07. The molecule has 0 spiro atoms. The normalized spacial score (nSPS) is 12.6. The Morgan fingerprint density at radius 2 is 1.65 bits per heavy atom. The highest BCUT2D eigenvalue weighted by atomic mass is 32.2. The molecule has 0 saturated carbocycles. The molecule has 1 heterocycles. The molecule has 0 aromatic carbocycles. The van der Waals surface area contributed by atoms with E-state index in [9.17, 15) is 0 Å². The first-order chi connectivity index (χ1) is 11.4. The lowest BCUT2D eigenvalue weighted by molar-refractivity contribution is 0.128. The first-order valence-electron chi connectivity index (χ1n) is 9.43. The lowest BCUT2D eigenvalue weighted by atomic mass is 10.1. The summed E-state index contributed by atoms with van der Waals surface area (Å²) in [6.45, 7) is 5.02. The minimum atomic E-state index is 0.521. The molecule has 0 saturated heterocycles. The van der Waals surface area contributed by atoms with Crippen LogP contribution in [0.15, 0.2) is 18.7 Å². The van der Waals surface area contributed by atoms with Crippen LogP contribution >= 0.6 is 11.8 Å². The number of rotatable bonds is 16. The van der Waals surface area contributed by atoms with Gasteiger partial charge in [-0.25, -0.2) is 4.98 Å². The molecule has 0 aliphatic carbocycles. The van der Waals surface area contributed by atoms with Gasteiger partial charge in [0.05, 0.1) is 12.9 Å². The number of thioether (sulfide) groups is 1. The topological polar surface area (TPSA) is 27.1 Å². The summed E-state index contributed by atoms with van der Waals surface area (Å²) in [5.41, 5.74) is 0. The maximum Gasteiger partial charge on any atom is 0.0946 e. The maximum atomic E-state index is 5.85. The van der Waals surface area contributed by atoms with Crippen LogP contribution in [0, 0.1) is 0 Å². The largest absolute Gasteiger partial charge is 0.380 e. The maximum absolute atomic E-state index is 5.85. The second-order valence-electron chi connectivity index (χ2n) is 6.37. The van der Waals surface area contributed by atoms with E-state index in [1.807, 2.05) is 30.5 Å². The molecule has 3 nitrogen and oxygen atoms in total. The summed E-state index contributed by atoms with van der Waals surface area (Å²) in [6.07, 6.45) is 21.7. The zero-order chi connectivity index (χ0) is 16.6. The van der Waals surface area contributed by atoms with Gasteiger partial charge in [0.25, 0.3) is 0 Å². The van der Waals surface area contributed by atoms with E-state index in [1.165, 1.54) is 64.2 Å². The van der Waals surface area contributed by atoms with E-state index in [4.69, 9.17) is 4.74 Å². The number of nitrogens with zero attached hydrogens (tertiary/aromatic N) is 2. The average molecular weight is 341 g/mol. The molecule has 1 rings (SSSR count).